The fourth-order valence-corrected chi connectivity index (χ4v) is 8.77. The Morgan fingerprint density at radius 3 is 1.37 bits per heavy atom. The summed E-state index contributed by atoms with van der Waals surface area (Å²) in [7, 11) is 0. The van der Waals surface area contributed by atoms with Crippen molar-refractivity contribution < 1.29 is 50.0 Å². The molecule has 0 aromatic carbocycles. The highest BCUT2D eigenvalue weighted by Crippen LogP contribution is 2.23. The van der Waals surface area contributed by atoms with E-state index in [-0.39, 0.29) is 6.42 Å². The molecule has 1 aliphatic rings. The molecule has 0 aromatic heterocycles. The molecule has 0 aromatic rings. The molecule has 0 aliphatic carbocycles. The van der Waals surface area contributed by atoms with E-state index in [1.54, 1.807) is 0 Å². The smallest absolute Gasteiger partial charge is 0.249 e. The summed E-state index contributed by atoms with van der Waals surface area (Å²) >= 11 is 0. The second-order valence-corrected chi connectivity index (χ2v) is 19.3. The lowest BCUT2D eigenvalue weighted by atomic mass is 9.98. The van der Waals surface area contributed by atoms with E-state index in [1.165, 1.54) is 154 Å². The molecule has 0 spiro atoms. The van der Waals surface area contributed by atoms with Gasteiger partial charge in [-0.05, 0) is 44.9 Å². The van der Waals surface area contributed by atoms with Crippen molar-refractivity contribution in [2.75, 3.05) is 13.2 Å². The Bertz CT molecular complexity index is 1110. The summed E-state index contributed by atoms with van der Waals surface area (Å²) < 4.78 is 11.1. The Balaban J connectivity index is 2.33. The third-order valence-electron chi connectivity index (χ3n) is 13.3. The van der Waals surface area contributed by atoms with Crippen LogP contribution < -0.4 is 5.32 Å². The van der Waals surface area contributed by atoms with Gasteiger partial charge in [-0.2, -0.15) is 0 Å². The van der Waals surface area contributed by atoms with Crippen molar-refractivity contribution >= 4 is 5.91 Å². The van der Waals surface area contributed by atoms with Crippen molar-refractivity contribution in [1.29, 1.82) is 0 Å². The van der Waals surface area contributed by atoms with Crippen molar-refractivity contribution in [2.45, 2.75) is 300 Å². The van der Waals surface area contributed by atoms with Gasteiger partial charge in [0.2, 0.25) is 5.91 Å². The second kappa shape index (κ2) is 43.8. The Labute approximate surface area is 397 Å². The number of hydrogen-bond acceptors (Lipinski definition) is 10. The van der Waals surface area contributed by atoms with Gasteiger partial charge in [-0.3, -0.25) is 4.79 Å². The molecule has 1 rings (SSSR count). The monoisotopic (exact) mass is 926 g/mol. The fraction of sp³-hybridized carbons (Fsp3) is 0.907. The van der Waals surface area contributed by atoms with Gasteiger partial charge in [0.1, 0.15) is 36.6 Å². The molecule has 1 saturated heterocycles. The number of carbonyl (C=O) groups excluding carboxylic acids is 1. The average molecular weight is 926 g/mol. The lowest BCUT2D eigenvalue weighted by Crippen LogP contribution is -2.60. The molecular weight excluding hydrogens is 823 g/mol. The molecule has 1 amide bonds. The third-order valence-corrected chi connectivity index (χ3v) is 13.3. The predicted octanol–water partition coefficient (Wildman–Crippen LogP) is 10.6. The van der Waals surface area contributed by atoms with Crippen LogP contribution in [0.15, 0.2) is 24.3 Å². The van der Waals surface area contributed by atoms with E-state index in [0.29, 0.717) is 19.3 Å². The van der Waals surface area contributed by atoms with Crippen LogP contribution in [0.25, 0.3) is 0 Å². The molecule has 1 aliphatic heterocycles. The number of allylic oxidation sites excluding steroid dienone is 4. The number of ether oxygens (including phenoxy) is 2. The Hall–Kier alpha value is -1.41. The van der Waals surface area contributed by atoms with Crippen molar-refractivity contribution in [2.24, 2.45) is 0 Å². The number of nitrogens with one attached hydrogen (secondary N) is 1. The van der Waals surface area contributed by atoms with Crippen LogP contribution in [0.2, 0.25) is 0 Å². The molecule has 0 radical (unpaired) electrons. The first-order valence-corrected chi connectivity index (χ1v) is 27.2. The number of aliphatic hydroxyl groups excluding tert-OH is 7. The number of aliphatic hydroxyl groups is 7. The molecule has 1 fully saturated rings. The van der Waals surface area contributed by atoms with Gasteiger partial charge >= 0.3 is 0 Å². The van der Waals surface area contributed by atoms with E-state index in [9.17, 15) is 40.5 Å². The fourth-order valence-electron chi connectivity index (χ4n) is 8.77. The summed E-state index contributed by atoms with van der Waals surface area (Å²) in [6.07, 6.45) is 39.4. The van der Waals surface area contributed by atoms with Gasteiger partial charge < -0.3 is 50.5 Å². The van der Waals surface area contributed by atoms with Gasteiger partial charge in [0.25, 0.3) is 0 Å². The average Bonchev–Trinajstić information content (AvgIpc) is 3.31. The molecule has 384 valence electrons. The first kappa shape index (κ1) is 61.6. The summed E-state index contributed by atoms with van der Waals surface area (Å²) in [5.41, 5.74) is 0. The standard InChI is InChI=1S/C54H103NO10/c1-3-5-7-9-11-13-15-17-19-20-21-22-23-24-25-26-27-28-30-32-34-36-38-40-42-47(58)53(63)55-45(44-64-54-52(62)51(61)50(60)48(43-56)65-54)49(59)46(57)41-39-37-35-33-31-29-18-16-14-12-10-8-6-4-2/h21-22,24-25,45-52,54,56-62H,3-20,23,26-44H2,1-2H3,(H,55,63)/b22-21-,25-24-. The molecule has 1 heterocycles. The first-order valence-electron chi connectivity index (χ1n) is 27.2. The Morgan fingerprint density at radius 1 is 0.538 bits per heavy atom. The van der Waals surface area contributed by atoms with Crippen LogP contribution in [-0.2, 0) is 14.3 Å². The summed E-state index contributed by atoms with van der Waals surface area (Å²) in [5, 5.41) is 75.9. The minimum Gasteiger partial charge on any atom is -0.394 e. The normalized spacial score (nSPS) is 21.0. The van der Waals surface area contributed by atoms with Gasteiger partial charge in [-0.1, -0.05) is 224 Å². The second-order valence-electron chi connectivity index (χ2n) is 19.3. The van der Waals surface area contributed by atoms with Crippen molar-refractivity contribution in [3.05, 3.63) is 24.3 Å². The summed E-state index contributed by atoms with van der Waals surface area (Å²) in [4.78, 5) is 13.1. The van der Waals surface area contributed by atoms with E-state index in [0.717, 1.165) is 51.4 Å². The minimum absolute atomic E-state index is 0.255. The van der Waals surface area contributed by atoms with Crippen molar-refractivity contribution in [1.82, 2.24) is 5.32 Å². The van der Waals surface area contributed by atoms with Gasteiger partial charge in [0, 0.05) is 0 Å². The SMILES string of the molecule is CCCCCCCCCCC/C=C\C/C=C\CCCCCCCCCCC(O)C(=O)NC(COC1OC(CO)C(O)C(O)C1O)C(O)C(O)CCCCCCCCCCCCCCCC. The quantitative estimate of drug-likeness (QED) is 0.0216. The maximum Gasteiger partial charge on any atom is 0.249 e. The van der Waals surface area contributed by atoms with Crippen LogP contribution >= 0.6 is 0 Å². The number of carbonyl (C=O) groups is 1. The highest BCUT2D eigenvalue weighted by molar-refractivity contribution is 5.80. The number of rotatable bonds is 46. The lowest BCUT2D eigenvalue weighted by Gasteiger charge is -2.40. The highest BCUT2D eigenvalue weighted by atomic mass is 16.7. The highest BCUT2D eigenvalue weighted by Gasteiger charge is 2.44. The molecule has 65 heavy (non-hydrogen) atoms. The topological polar surface area (TPSA) is 189 Å². The zero-order valence-electron chi connectivity index (χ0n) is 41.7. The van der Waals surface area contributed by atoms with Crippen LogP contribution in [0.1, 0.15) is 245 Å². The molecule has 11 nitrogen and oxygen atoms in total. The van der Waals surface area contributed by atoms with Gasteiger partial charge in [-0.25, -0.2) is 0 Å². The summed E-state index contributed by atoms with van der Waals surface area (Å²) in [6.45, 7) is 3.46. The largest absolute Gasteiger partial charge is 0.394 e. The van der Waals surface area contributed by atoms with E-state index in [4.69, 9.17) is 9.47 Å². The summed E-state index contributed by atoms with van der Waals surface area (Å²) in [5.74, 6) is -0.700. The van der Waals surface area contributed by atoms with Crippen LogP contribution in [0.3, 0.4) is 0 Å². The maximum absolute atomic E-state index is 13.1. The first-order chi connectivity index (χ1) is 31.7. The van der Waals surface area contributed by atoms with Gasteiger partial charge in [0.05, 0.1) is 25.4 Å². The predicted molar refractivity (Wildman–Crippen MR) is 266 cm³/mol. The van der Waals surface area contributed by atoms with Crippen LogP contribution in [0.5, 0.6) is 0 Å². The van der Waals surface area contributed by atoms with Crippen LogP contribution in [-0.4, -0.2) is 110 Å². The zero-order valence-corrected chi connectivity index (χ0v) is 41.7. The van der Waals surface area contributed by atoms with Crippen LogP contribution in [0.4, 0.5) is 0 Å². The van der Waals surface area contributed by atoms with E-state index < -0.39 is 74.2 Å². The third kappa shape index (κ3) is 32.9. The Morgan fingerprint density at radius 2 is 0.938 bits per heavy atom. The Kier molecular flexibility index (Phi) is 41.6. The molecule has 0 saturated carbocycles. The van der Waals surface area contributed by atoms with Gasteiger partial charge in [-0.15, -0.1) is 0 Å². The van der Waals surface area contributed by atoms with Crippen molar-refractivity contribution in [3.8, 4) is 0 Å². The molecular formula is C54H103NO10. The van der Waals surface area contributed by atoms with E-state index in [1.807, 2.05) is 0 Å². The van der Waals surface area contributed by atoms with Gasteiger partial charge in [0.15, 0.2) is 6.29 Å². The maximum atomic E-state index is 13.1. The zero-order chi connectivity index (χ0) is 47.6. The molecule has 9 atom stereocenters. The number of hydrogen-bond donors (Lipinski definition) is 8. The summed E-state index contributed by atoms with van der Waals surface area (Å²) in [6, 6.07) is -1.17. The van der Waals surface area contributed by atoms with Crippen LogP contribution in [0, 0.1) is 0 Å². The molecule has 0 bridgehead atoms. The number of amides is 1. The molecule has 8 N–H and O–H groups in total. The minimum atomic E-state index is -1.66. The lowest BCUT2D eigenvalue weighted by molar-refractivity contribution is -0.303. The van der Waals surface area contributed by atoms with E-state index in [2.05, 4.69) is 43.5 Å². The van der Waals surface area contributed by atoms with Crippen molar-refractivity contribution in [3.63, 3.8) is 0 Å². The molecule has 9 unspecified atom stereocenters. The molecule has 11 heteroatoms. The van der Waals surface area contributed by atoms with E-state index >= 15 is 0 Å². The number of unbranched alkanes of at least 4 members (excludes halogenated alkanes) is 30.